The molecule has 0 amide bonds. The molecule has 0 spiro atoms. The molecule has 2 nitrogen and oxygen atoms in total. The van der Waals surface area contributed by atoms with Crippen molar-refractivity contribution in [2.24, 2.45) is 0 Å². The molecule has 0 unspecified atom stereocenters. The fraction of sp³-hybridized carbons (Fsp3) is 0.312. The van der Waals surface area contributed by atoms with Crippen LogP contribution in [0.1, 0.15) is 37.0 Å². The quantitative estimate of drug-likeness (QED) is 0.436. The number of hydrogen-bond donors (Lipinski definition) is 0. The van der Waals surface area contributed by atoms with Gasteiger partial charge in [-0.05, 0) is 24.6 Å². The van der Waals surface area contributed by atoms with E-state index in [9.17, 15) is 22.0 Å². The van der Waals surface area contributed by atoms with Crippen molar-refractivity contribution in [1.29, 1.82) is 0 Å². The standard InChI is InChI=1S/C7H6F3N.C6H5F2N.C2H6.CH3.K/c1-5-2-6(4-11-3-5)7(8,9)10;7-6(8)5-2-1-3-9-4-5;1-2;;/h2-4H,1H3;1-4,6H;1-2H3;1H3;/q;;;-1;+1. The normalized spacial score (nSPS) is 9.38. The van der Waals surface area contributed by atoms with Crippen LogP contribution in [-0.2, 0) is 6.18 Å². The number of hydrogen-bond acceptors (Lipinski definition) is 2. The molecule has 24 heavy (non-hydrogen) atoms. The summed E-state index contributed by atoms with van der Waals surface area (Å²) in [5.74, 6) is 0. The van der Waals surface area contributed by atoms with Crippen molar-refractivity contribution in [2.75, 3.05) is 0 Å². The number of alkyl halides is 5. The van der Waals surface area contributed by atoms with E-state index in [1.165, 1.54) is 24.5 Å². The number of aryl methyl sites for hydroxylation is 1. The molecule has 0 aliphatic carbocycles. The first-order valence-electron chi connectivity index (χ1n) is 6.47. The summed E-state index contributed by atoms with van der Waals surface area (Å²) < 4.78 is 59.2. The van der Waals surface area contributed by atoms with E-state index in [1.807, 2.05) is 13.8 Å². The van der Waals surface area contributed by atoms with Crippen molar-refractivity contribution in [3.63, 3.8) is 0 Å². The monoisotopic (exact) mass is 374 g/mol. The largest absolute Gasteiger partial charge is 1.00 e. The van der Waals surface area contributed by atoms with Gasteiger partial charge in [0.05, 0.1) is 5.56 Å². The van der Waals surface area contributed by atoms with E-state index in [1.54, 1.807) is 6.92 Å². The fourth-order valence-corrected chi connectivity index (χ4v) is 1.22. The van der Waals surface area contributed by atoms with Gasteiger partial charge in [-0.3, -0.25) is 9.97 Å². The van der Waals surface area contributed by atoms with Gasteiger partial charge in [0, 0.05) is 30.4 Å². The predicted octanol–water partition coefficient (Wildman–Crippen LogP) is 2.91. The van der Waals surface area contributed by atoms with Crippen molar-refractivity contribution in [1.82, 2.24) is 9.97 Å². The van der Waals surface area contributed by atoms with Crippen LogP contribution >= 0.6 is 0 Å². The second-order valence-corrected chi connectivity index (χ2v) is 3.84. The summed E-state index contributed by atoms with van der Waals surface area (Å²) in [7, 11) is 0. The molecule has 0 saturated carbocycles. The smallest absolute Gasteiger partial charge is 0.358 e. The van der Waals surface area contributed by atoms with Crippen LogP contribution in [0.4, 0.5) is 22.0 Å². The molecule has 8 heteroatoms. The maximum atomic E-state index is 11.9. The second kappa shape index (κ2) is 14.9. The Balaban J connectivity index is -0.000000313. The minimum absolute atomic E-state index is 0. The van der Waals surface area contributed by atoms with Gasteiger partial charge < -0.3 is 7.43 Å². The Morgan fingerprint density at radius 1 is 1.00 bits per heavy atom. The maximum absolute atomic E-state index is 11.9. The molecule has 0 atom stereocenters. The van der Waals surface area contributed by atoms with E-state index in [2.05, 4.69) is 9.97 Å². The first-order valence-corrected chi connectivity index (χ1v) is 6.47. The number of halogens is 5. The molecule has 0 radical (unpaired) electrons. The van der Waals surface area contributed by atoms with E-state index in [0.717, 1.165) is 18.5 Å². The summed E-state index contributed by atoms with van der Waals surface area (Å²) in [4.78, 5) is 6.96. The molecule has 0 bridgehead atoms. The summed E-state index contributed by atoms with van der Waals surface area (Å²) in [6.45, 7) is 5.57. The van der Waals surface area contributed by atoms with Crippen LogP contribution in [0, 0.1) is 14.4 Å². The van der Waals surface area contributed by atoms with Crippen LogP contribution in [0.2, 0.25) is 0 Å². The molecule has 0 N–H and O–H groups in total. The van der Waals surface area contributed by atoms with Crippen LogP contribution in [0.25, 0.3) is 0 Å². The first-order chi connectivity index (χ1) is 10.3. The van der Waals surface area contributed by atoms with E-state index >= 15 is 0 Å². The molecular weight excluding hydrogens is 354 g/mol. The van der Waals surface area contributed by atoms with Crippen molar-refractivity contribution < 1.29 is 73.3 Å². The maximum Gasteiger partial charge on any atom is 1.00 e. The van der Waals surface area contributed by atoms with Crippen molar-refractivity contribution in [3.8, 4) is 0 Å². The Morgan fingerprint density at radius 3 is 1.88 bits per heavy atom. The Kier molecular flexibility index (Phi) is 17.6. The molecule has 2 aromatic heterocycles. The molecule has 2 aromatic rings. The summed E-state index contributed by atoms with van der Waals surface area (Å²) in [6.07, 6.45) is -1.86. The SMILES string of the molecule is CC.Cc1cncc(C(F)(F)F)c1.FC(F)c1cccnc1.[CH3-].[K+]. The van der Waals surface area contributed by atoms with Gasteiger partial charge in [-0.1, -0.05) is 19.9 Å². The Morgan fingerprint density at radius 2 is 1.58 bits per heavy atom. The Hall–Kier alpha value is -0.414. The van der Waals surface area contributed by atoms with Gasteiger partial charge in [0.1, 0.15) is 0 Å². The molecule has 0 aromatic carbocycles. The van der Waals surface area contributed by atoms with E-state index < -0.39 is 18.2 Å². The summed E-state index contributed by atoms with van der Waals surface area (Å²) in [6, 6.07) is 3.90. The van der Waals surface area contributed by atoms with Crippen molar-refractivity contribution in [2.45, 2.75) is 33.4 Å². The van der Waals surface area contributed by atoms with Crippen molar-refractivity contribution >= 4 is 0 Å². The zero-order chi connectivity index (χ0) is 17.2. The third-order valence-corrected chi connectivity index (χ3v) is 2.14. The molecule has 2 heterocycles. The number of aromatic nitrogens is 2. The first kappa shape index (κ1) is 28.4. The minimum Gasteiger partial charge on any atom is -0.358 e. The van der Waals surface area contributed by atoms with Crippen LogP contribution in [0.5, 0.6) is 0 Å². The third kappa shape index (κ3) is 12.0. The zero-order valence-electron chi connectivity index (χ0n) is 14.4. The molecule has 0 saturated heterocycles. The van der Waals surface area contributed by atoms with Gasteiger partial charge in [-0.25, -0.2) is 8.78 Å². The van der Waals surface area contributed by atoms with Crippen molar-refractivity contribution in [3.05, 3.63) is 67.1 Å². The molecule has 0 fully saturated rings. The minimum atomic E-state index is -4.28. The molecule has 130 valence electrons. The summed E-state index contributed by atoms with van der Waals surface area (Å²) >= 11 is 0. The topological polar surface area (TPSA) is 25.8 Å². The molecule has 2 rings (SSSR count). The van der Waals surface area contributed by atoms with E-state index in [-0.39, 0.29) is 64.4 Å². The average Bonchev–Trinajstić information content (AvgIpc) is 2.50. The van der Waals surface area contributed by atoms with Gasteiger partial charge in [-0.15, -0.1) is 0 Å². The summed E-state index contributed by atoms with van der Waals surface area (Å²) in [5.41, 5.74) is -0.213. The number of nitrogens with zero attached hydrogens (tertiary/aromatic N) is 2. The molecular formula is C16H20F5KN2. The Labute approximate surface area is 182 Å². The van der Waals surface area contributed by atoms with Crippen LogP contribution in [0.3, 0.4) is 0 Å². The van der Waals surface area contributed by atoms with Gasteiger partial charge in [0.2, 0.25) is 0 Å². The number of rotatable bonds is 1. The average molecular weight is 374 g/mol. The summed E-state index contributed by atoms with van der Waals surface area (Å²) in [5, 5.41) is 0. The fourth-order valence-electron chi connectivity index (χ4n) is 1.22. The Bertz CT molecular complexity index is 533. The van der Waals surface area contributed by atoms with Crippen LogP contribution in [0.15, 0.2) is 43.0 Å². The van der Waals surface area contributed by atoms with Crippen LogP contribution in [-0.4, -0.2) is 9.97 Å². The molecule has 0 aliphatic rings. The molecule has 0 aliphatic heterocycles. The van der Waals surface area contributed by atoms with Crippen LogP contribution < -0.4 is 51.4 Å². The van der Waals surface area contributed by atoms with Gasteiger partial charge in [0.15, 0.2) is 0 Å². The second-order valence-electron chi connectivity index (χ2n) is 3.84. The third-order valence-electron chi connectivity index (χ3n) is 2.14. The zero-order valence-corrected chi connectivity index (χ0v) is 17.5. The van der Waals surface area contributed by atoms with E-state index in [4.69, 9.17) is 0 Å². The predicted molar refractivity (Wildman–Crippen MR) is 80.9 cm³/mol. The van der Waals surface area contributed by atoms with Gasteiger partial charge in [0.25, 0.3) is 6.43 Å². The van der Waals surface area contributed by atoms with Gasteiger partial charge in [-0.2, -0.15) is 13.2 Å². The van der Waals surface area contributed by atoms with Gasteiger partial charge >= 0.3 is 57.6 Å². The number of pyridine rings is 2. The van der Waals surface area contributed by atoms with E-state index in [0.29, 0.717) is 5.56 Å².